The average molecular weight is 288 g/mol. The van der Waals surface area contributed by atoms with Gasteiger partial charge in [0.15, 0.2) is 0 Å². The van der Waals surface area contributed by atoms with E-state index in [0.29, 0.717) is 0 Å². The van der Waals surface area contributed by atoms with E-state index in [1.54, 1.807) is 0 Å². The molecule has 1 aromatic carbocycles. The van der Waals surface area contributed by atoms with Crippen LogP contribution < -0.4 is 0 Å². The molecule has 106 valence electrons. The first-order valence-electron chi connectivity index (χ1n) is 7.43. The highest BCUT2D eigenvalue weighted by molar-refractivity contribution is 7.80. The summed E-state index contributed by atoms with van der Waals surface area (Å²) in [5.74, 6) is 0. The number of nitrogens with zero attached hydrogens (tertiary/aromatic N) is 2. The molecule has 2 amide bonds. The van der Waals surface area contributed by atoms with Crippen molar-refractivity contribution in [2.75, 3.05) is 13.1 Å². The summed E-state index contributed by atoms with van der Waals surface area (Å²) >= 11 is 5.51. The molecule has 2 heterocycles. The zero-order chi connectivity index (χ0) is 13.9. The molecule has 20 heavy (non-hydrogen) atoms. The fraction of sp³-hybridized carbons (Fsp3) is 0.500. The van der Waals surface area contributed by atoms with E-state index in [2.05, 4.69) is 24.3 Å². The van der Waals surface area contributed by atoms with Crippen LogP contribution in [-0.2, 0) is 6.42 Å². The van der Waals surface area contributed by atoms with Gasteiger partial charge in [-0.05, 0) is 37.7 Å². The quantitative estimate of drug-likeness (QED) is 0.794. The number of amides is 2. The van der Waals surface area contributed by atoms with Gasteiger partial charge in [0.2, 0.25) is 0 Å². The lowest BCUT2D eigenvalue weighted by molar-refractivity contribution is 0.175. The van der Waals surface area contributed by atoms with Crippen LogP contribution in [0.25, 0.3) is 0 Å². The number of hydrogen-bond donors (Lipinski definition) is 0. The molecule has 0 aliphatic carbocycles. The van der Waals surface area contributed by atoms with E-state index in [0.717, 1.165) is 43.8 Å². The molecule has 4 heteroatoms. The van der Waals surface area contributed by atoms with Gasteiger partial charge in [0.25, 0.3) is 0 Å². The Labute approximate surface area is 125 Å². The molecule has 1 unspecified atom stereocenters. The van der Waals surface area contributed by atoms with Gasteiger partial charge in [-0.3, -0.25) is 4.90 Å². The molecule has 1 aromatic rings. The third-order valence-electron chi connectivity index (χ3n) is 4.22. The molecule has 3 nitrogen and oxygen atoms in total. The van der Waals surface area contributed by atoms with Crippen molar-refractivity contribution in [3.8, 4) is 0 Å². The number of carbonyl (C=O) groups excluding carboxylic acids is 1. The van der Waals surface area contributed by atoms with Crippen molar-refractivity contribution in [3.63, 3.8) is 0 Å². The minimum Gasteiger partial charge on any atom is -0.315 e. The van der Waals surface area contributed by atoms with E-state index in [-0.39, 0.29) is 12.1 Å². The Kier molecular flexibility index (Phi) is 4.01. The Hall–Kier alpha value is -1.42. The number of thiocarbonyl (C=S) groups is 1. The molecule has 0 N–H and O–H groups in total. The van der Waals surface area contributed by atoms with Crippen molar-refractivity contribution in [2.45, 2.75) is 38.1 Å². The highest BCUT2D eigenvalue weighted by Gasteiger charge is 2.42. The van der Waals surface area contributed by atoms with Gasteiger partial charge in [-0.1, -0.05) is 42.5 Å². The molecule has 0 spiro atoms. The van der Waals surface area contributed by atoms with Crippen molar-refractivity contribution in [2.24, 2.45) is 0 Å². The first kappa shape index (κ1) is 13.6. The van der Waals surface area contributed by atoms with Crippen LogP contribution in [-0.4, -0.2) is 40.0 Å². The van der Waals surface area contributed by atoms with Crippen molar-refractivity contribution >= 4 is 23.2 Å². The summed E-state index contributed by atoms with van der Waals surface area (Å²) < 4.78 is 0. The summed E-state index contributed by atoms with van der Waals surface area (Å²) in [7, 11) is 0. The van der Waals surface area contributed by atoms with Crippen molar-refractivity contribution in [1.29, 1.82) is 0 Å². The summed E-state index contributed by atoms with van der Waals surface area (Å²) in [5, 5.41) is 0. The molecule has 3 rings (SSSR count). The lowest BCUT2D eigenvalue weighted by atomic mass is 10.0. The fourth-order valence-corrected chi connectivity index (χ4v) is 3.55. The van der Waals surface area contributed by atoms with Crippen LogP contribution in [0.5, 0.6) is 0 Å². The molecule has 2 aliphatic heterocycles. The van der Waals surface area contributed by atoms with Crippen molar-refractivity contribution < 1.29 is 4.79 Å². The van der Waals surface area contributed by atoms with Crippen LogP contribution in [0.1, 0.15) is 31.2 Å². The maximum atomic E-state index is 12.4. The van der Waals surface area contributed by atoms with Gasteiger partial charge in [-0.15, -0.1) is 0 Å². The van der Waals surface area contributed by atoms with Crippen molar-refractivity contribution in [1.82, 2.24) is 9.80 Å². The monoisotopic (exact) mass is 288 g/mol. The van der Waals surface area contributed by atoms with Crippen LogP contribution in [0.15, 0.2) is 30.3 Å². The van der Waals surface area contributed by atoms with E-state index in [1.165, 1.54) is 12.0 Å². The molecule has 0 radical (unpaired) electrons. The number of fused-ring (bicyclic) bond motifs is 1. The van der Waals surface area contributed by atoms with Crippen LogP contribution >= 0.6 is 12.2 Å². The zero-order valence-electron chi connectivity index (χ0n) is 11.6. The van der Waals surface area contributed by atoms with Crippen LogP contribution in [0.2, 0.25) is 0 Å². The predicted molar refractivity (Wildman–Crippen MR) is 83.8 cm³/mol. The molecule has 1 atom stereocenters. The molecule has 0 aromatic heterocycles. The Bertz CT molecular complexity index is 478. The summed E-state index contributed by atoms with van der Waals surface area (Å²) in [6.45, 7) is 1.62. The van der Waals surface area contributed by atoms with Crippen molar-refractivity contribution in [3.05, 3.63) is 35.9 Å². The van der Waals surface area contributed by atoms with E-state index in [4.69, 9.17) is 12.2 Å². The van der Waals surface area contributed by atoms with Crippen LogP contribution in [0.3, 0.4) is 0 Å². The third-order valence-corrected chi connectivity index (χ3v) is 4.71. The minimum atomic E-state index is 0.132. The van der Waals surface area contributed by atoms with Gasteiger partial charge < -0.3 is 4.90 Å². The predicted octanol–water partition coefficient (Wildman–Crippen LogP) is 3.24. The Morgan fingerprint density at radius 3 is 2.75 bits per heavy atom. The molecule has 2 saturated heterocycles. The molecular weight excluding hydrogens is 268 g/mol. The first-order chi connectivity index (χ1) is 9.77. The topological polar surface area (TPSA) is 23.6 Å². The number of piperidine rings is 1. The minimum absolute atomic E-state index is 0.132. The second-order valence-corrected chi connectivity index (χ2v) is 5.98. The number of benzene rings is 1. The van der Waals surface area contributed by atoms with Gasteiger partial charge >= 0.3 is 6.03 Å². The lowest BCUT2D eigenvalue weighted by Crippen LogP contribution is -2.38. The van der Waals surface area contributed by atoms with E-state index in [9.17, 15) is 4.79 Å². The maximum Gasteiger partial charge on any atom is 0.325 e. The van der Waals surface area contributed by atoms with Crippen LogP contribution in [0, 0.1) is 0 Å². The molecule has 2 aliphatic rings. The number of carbonyl (C=O) groups is 1. The summed E-state index contributed by atoms with van der Waals surface area (Å²) in [6, 6.07) is 10.7. The number of rotatable bonds is 4. The first-order valence-corrected chi connectivity index (χ1v) is 7.84. The van der Waals surface area contributed by atoms with Gasteiger partial charge in [0.1, 0.15) is 4.99 Å². The third kappa shape index (κ3) is 2.57. The molecule has 0 bridgehead atoms. The van der Waals surface area contributed by atoms with E-state index >= 15 is 0 Å². The number of aryl methyl sites for hydroxylation is 1. The summed E-state index contributed by atoms with van der Waals surface area (Å²) in [4.78, 5) is 17.0. The maximum absolute atomic E-state index is 12.4. The van der Waals surface area contributed by atoms with Gasteiger partial charge in [0, 0.05) is 13.1 Å². The Morgan fingerprint density at radius 1 is 1.20 bits per heavy atom. The SMILES string of the molecule is O=C1N(CCCc2ccccc2)C(=S)C2CCCCN12. The lowest BCUT2D eigenvalue weighted by Gasteiger charge is -2.27. The molecule has 0 saturated carbocycles. The largest absolute Gasteiger partial charge is 0.325 e. The van der Waals surface area contributed by atoms with Gasteiger partial charge in [0.05, 0.1) is 6.04 Å². The Balaban J connectivity index is 1.57. The second kappa shape index (κ2) is 5.92. The average Bonchev–Trinajstić information content (AvgIpc) is 2.74. The van der Waals surface area contributed by atoms with Gasteiger partial charge in [-0.2, -0.15) is 0 Å². The summed E-state index contributed by atoms with van der Waals surface area (Å²) in [5.41, 5.74) is 1.32. The van der Waals surface area contributed by atoms with Gasteiger partial charge in [-0.25, -0.2) is 4.79 Å². The fourth-order valence-electron chi connectivity index (χ4n) is 3.14. The number of urea groups is 1. The van der Waals surface area contributed by atoms with Crippen LogP contribution in [0.4, 0.5) is 4.79 Å². The highest BCUT2D eigenvalue weighted by atomic mass is 32.1. The zero-order valence-corrected chi connectivity index (χ0v) is 12.4. The standard InChI is InChI=1S/C16H20N2OS/c19-16-17-11-5-4-10-14(17)15(20)18(16)12-6-9-13-7-2-1-3-8-13/h1-3,7-8,14H,4-6,9-12H2. The smallest absolute Gasteiger partial charge is 0.315 e. The normalized spacial score (nSPS) is 22.3. The number of hydrogen-bond acceptors (Lipinski definition) is 2. The summed E-state index contributed by atoms with van der Waals surface area (Å²) in [6.07, 6.45) is 5.31. The molecular formula is C16H20N2OS. The van der Waals surface area contributed by atoms with E-state index < -0.39 is 0 Å². The Morgan fingerprint density at radius 2 is 2.00 bits per heavy atom. The van der Waals surface area contributed by atoms with E-state index in [1.807, 2.05) is 15.9 Å². The molecule has 2 fully saturated rings. The second-order valence-electron chi connectivity index (χ2n) is 5.57. The highest BCUT2D eigenvalue weighted by Crippen LogP contribution is 2.27.